The molecule has 3 aromatic rings. The van der Waals surface area contributed by atoms with Crippen LogP contribution in [0.1, 0.15) is 12.0 Å². The Hall–Kier alpha value is -2.81. The number of nitrogen functional groups attached to an aromatic ring is 1. The Labute approximate surface area is 129 Å². The van der Waals surface area contributed by atoms with Gasteiger partial charge in [-0.05, 0) is 35.6 Å². The second-order valence-electron chi connectivity index (χ2n) is 5.19. The minimum absolute atomic E-state index is 0.229. The van der Waals surface area contributed by atoms with Crippen LogP contribution in [0.2, 0.25) is 0 Å². The summed E-state index contributed by atoms with van der Waals surface area (Å²) in [5.74, 6) is 0.383. The van der Waals surface area contributed by atoms with E-state index in [0.717, 1.165) is 22.0 Å². The largest absolute Gasteiger partial charge is 0.426 e. The fraction of sp³-hybridized carbons (Fsp3) is 0.105. The number of hydrogen-bond donors (Lipinski definition) is 1. The van der Waals surface area contributed by atoms with Gasteiger partial charge in [-0.3, -0.25) is 4.79 Å². The van der Waals surface area contributed by atoms with Crippen molar-refractivity contribution in [1.82, 2.24) is 0 Å². The molecule has 0 atom stereocenters. The number of nitrogens with two attached hydrogens (primary N) is 1. The van der Waals surface area contributed by atoms with Gasteiger partial charge in [0.2, 0.25) is 0 Å². The van der Waals surface area contributed by atoms with E-state index in [1.165, 1.54) is 0 Å². The highest BCUT2D eigenvalue weighted by Crippen LogP contribution is 2.25. The molecule has 0 saturated heterocycles. The van der Waals surface area contributed by atoms with Crippen LogP contribution >= 0.6 is 0 Å². The summed E-state index contributed by atoms with van der Waals surface area (Å²) < 4.78 is 5.51. The van der Waals surface area contributed by atoms with Gasteiger partial charge in [-0.1, -0.05) is 48.5 Å². The van der Waals surface area contributed by atoms with Crippen molar-refractivity contribution in [3.05, 3.63) is 72.3 Å². The number of anilines is 1. The normalized spacial score (nSPS) is 10.5. The van der Waals surface area contributed by atoms with Crippen molar-refractivity contribution in [2.75, 3.05) is 5.73 Å². The third-order valence-electron chi connectivity index (χ3n) is 3.57. The Bertz CT molecular complexity index is 789. The maximum Gasteiger partial charge on any atom is 0.311 e. The lowest BCUT2D eigenvalue weighted by atomic mass is 10.1. The summed E-state index contributed by atoms with van der Waals surface area (Å²) in [6.07, 6.45) is 0.983. The third kappa shape index (κ3) is 3.26. The van der Waals surface area contributed by atoms with Crippen LogP contribution in [0.5, 0.6) is 5.75 Å². The van der Waals surface area contributed by atoms with Crippen LogP contribution in [0.15, 0.2) is 66.7 Å². The maximum absolute atomic E-state index is 12.0. The highest BCUT2D eigenvalue weighted by Gasteiger charge is 2.08. The number of hydrogen-bond acceptors (Lipinski definition) is 3. The van der Waals surface area contributed by atoms with Gasteiger partial charge in [0.25, 0.3) is 0 Å². The van der Waals surface area contributed by atoms with E-state index in [-0.39, 0.29) is 5.97 Å². The Morgan fingerprint density at radius 2 is 1.64 bits per heavy atom. The van der Waals surface area contributed by atoms with Gasteiger partial charge in [0.05, 0.1) is 0 Å². The molecule has 0 saturated carbocycles. The standard InChI is InChI=1S/C19H17NO2/c20-16-11-8-14(9-12-16)10-13-19(21)22-18-7-3-5-15-4-1-2-6-17(15)18/h1-9,11-12H,10,13,20H2. The van der Waals surface area contributed by atoms with E-state index in [0.29, 0.717) is 18.6 Å². The average molecular weight is 291 g/mol. The van der Waals surface area contributed by atoms with Gasteiger partial charge in [0.1, 0.15) is 5.75 Å². The Kier molecular flexibility index (Phi) is 4.05. The Balaban J connectivity index is 1.67. The van der Waals surface area contributed by atoms with E-state index in [1.54, 1.807) is 0 Å². The van der Waals surface area contributed by atoms with Crippen molar-refractivity contribution in [3.8, 4) is 5.75 Å². The second-order valence-corrected chi connectivity index (χ2v) is 5.19. The zero-order chi connectivity index (χ0) is 15.4. The van der Waals surface area contributed by atoms with Crippen LogP contribution in [0.25, 0.3) is 10.8 Å². The summed E-state index contributed by atoms with van der Waals surface area (Å²) in [6, 6.07) is 21.1. The summed E-state index contributed by atoms with van der Waals surface area (Å²) in [5, 5.41) is 2.01. The van der Waals surface area contributed by atoms with Gasteiger partial charge in [-0.2, -0.15) is 0 Å². The van der Waals surface area contributed by atoms with Gasteiger partial charge < -0.3 is 10.5 Å². The zero-order valence-electron chi connectivity index (χ0n) is 12.2. The number of rotatable bonds is 4. The Morgan fingerprint density at radius 3 is 2.45 bits per heavy atom. The van der Waals surface area contributed by atoms with Crippen LogP contribution in [0.4, 0.5) is 5.69 Å². The summed E-state index contributed by atoms with van der Waals surface area (Å²) >= 11 is 0. The number of carbonyl (C=O) groups is 1. The van der Waals surface area contributed by atoms with Crippen molar-refractivity contribution < 1.29 is 9.53 Å². The van der Waals surface area contributed by atoms with E-state index in [9.17, 15) is 4.79 Å². The van der Waals surface area contributed by atoms with Crippen LogP contribution in [0, 0.1) is 0 Å². The van der Waals surface area contributed by atoms with Crippen molar-refractivity contribution in [3.63, 3.8) is 0 Å². The SMILES string of the molecule is Nc1ccc(CCC(=O)Oc2cccc3ccccc23)cc1. The fourth-order valence-corrected chi connectivity index (χ4v) is 2.39. The molecule has 3 heteroatoms. The van der Waals surface area contributed by atoms with E-state index in [2.05, 4.69) is 0 Å². The lowest BCUT2D eigenvalue weighted by Crippen LogP contribution is -2.09. The number of carbonyl (C=O) groups excluding carboxylic acids is 1. The Morgan fingerprint density at radius 1 is 0.909 bits per heavy atom. The fourth-order valence-electron chi connectivity index (χ4n) is 2.39. The van der Waals surface area contributed by atoms with Gasteiger partial charge in [0.15, 0.2) is 0 Å². The minimum Gasteiger partial charge on any atom is -0.426 e. The molecule has 0 fully saturated rings. The van der Waals surface area contributed by atoms with Crippen molar-refractivity contribution in [1.29, 1.82) is 0 Å². The molecule has 3 aromatic carbocycles. The lowest BCUT2D eigenvalue weighted by molar-refractivity contribution is -0.134. The molecule has 0 unspecified atom stereocenters. The maximum atomic E-state index is 12.0. The third-order valence-corrected chi connectivity index (χ3v) is 3.57. The number of esters is 1. The van der Waals surface area contributed by atoms with Crippen LogP contribution in [-0.4, -0.2) is 5.97 Å². The monoisotopic (exact) mass is 291 g/mol. The van der Waals surface area contributed by atoms with E-state index < -0.39 is 0 Å². The first-order chi connectivity index (χ1) is 10.7. The van der Waals surface area contributed by atoms with Crippen molar-refractivity contribution >= 4 is 22.4 Å². The molecule has 3 rings (SSSR count). The van der Waals surface area contributed by atoms with Gasteiger partial charge in [-0.25, -0.2) is 0 Å². The molecule has 22 heavy (non-hydrogen) atoms. The molecule has 3 nitrogen and oxygen atoms in total. The first kappa shape index (κ1) is 14.1. The molecular weight excluding hydrogens is 274 g/mol. The number of ether oxygens (including phenoxy) is 1. The first-order valence-electron chi connectivity index (χ1n) is 7.25. The van der Waals surface area contributed by atoms with Gasteiger partial charge >= 0.3 is 5.97 Å². The molecule has 110 valence electrons. The quantitative estimate of drug-likeness (QED) is 0.449. The summed E-state index contributed by atoms with van der Waals surface area (Å²) in [4.78, 5) is 12.0. The molecule has 0 aliphatic carbocycles. The number of benzene rings is 3. The number of fused-ring (bicyclic) bond motifs is 1. The average Bonchev–Trinajstić information content (AvgIpc) is 2.55. The predicted molar refractivity (Wildman–Crippen MR) is 88.8 cm³/mol. The molecule has 0 aliphatic rings. The van der Waals surface area contributed by atoms with Gasteiger partial charge in [-0.15, -0.1) is 0 Å². The molecule has 0 aliphatic heterocycles. The van der Waals surface area contributed by atoms with Crippen molar-refractivity contribution in [2.24, 2.45) is 0 Å². The smallest absolute Gasteiger partial charge is 0.311 e. The first-order valence-corrected chi connectivity index (χ1v) is 7.25. The van der Waals surface area contributed by atoms with Crippen LogP contribution < -0.4 is 10.5 Å². The highest BCUT2D eigenvalue weighted by atomic mass is 16.5. The molecule has 0 bridgehead atoms. The predicted octanol–water partition coefficient (Wildman–Crippen LogP) is 3.96. The van der Waals surface area contributed by atoms with Gasteiger partial charge in [0, 0.05) is 17.5 Å². The zero-order valence-corrected chi connectivity index (χ0v) is 12.2. The lowest BCUT2D eigenvalue weighted by Gasteiger charge is -2.08. The summed E-state index contributed by atoms with van der Waals surface area (Å²) in [7, 11) is 0. The van der Waals surface area contributed by atoms with Crippen LogP contribution in [0.3, 0.4) is 0 Å². The molecular formula is C19H17NO2. The van der Waals surface area contributed by atoms with Crippen molar-refractivity contribution in [2.45, 2.75) is 12.8 Å². The number of aryl methyl sites for hydroxylation is 1. The molecule has 2 N–H and O–H groups in total. The summed E-state index contributed by atoms with van der Waals surface area (Å²) in [5.41, 5.74) is 7.44. The summed E-state index contributed by atoms with van der Waals surface area (Å²) in [6.45, 7) is 0. The molecule has 0 amide bonds. The minimum atomic E-state index is -0.229. The highest BCUT2D eigenvalue weighted by molar-refractivity contribution is 5.90. The molecule has 0 spiro atoms. The van der Waals surface area contributed by atoms with E-state index >= 15 is 0 Å². The van der Waals surface area contributed by atoms with E-state index in [4.69, 9.17) is 10.5 Å². The molecule has 0 heterocycles. The topological polar surface area (TPSA) is 52.3 Å². The van der Waals surface area contributed by atoms with E-state index in [1.807, 2.05) is 66.7 Å². The van der Waals surface area contributed by atoms with Crippen LogP contribution in [-0.2, 0) is 11.2 Å². The molecule has 0 aromatic heterocycles. The second kappa shape index (κ2) is 6.31. The molecule has 0 radical (unpaired) electrons.